The number of hydrogen-bond acceptors (Lipinski definition) is 9. The minimum atomic E-state index is -0.951. The number of nitrogen functional groups attached to an aromatic ring is 1. The fourth-order valence-corrected chi connectivity index (χ4v) is 8.99. The van der Waals surface area contributed by atoms with Gasteiger partial charge in [-0.25, -0.2) is 13.2 Å². The number of rotatable bonds is 6. The van der Waals surface area contributed by atoms with E-state index in [0.717, 1.165) is 30.7 Å². The van der Waals surface area contributed by atoms with E-state index < -0.39 is 28.8 Å². The van der Waals surface area contributed by atoms with Gasteiger partial charge in [0.15, 0.2) is 5.82 Å². The summed E-state index contributed by atoms with van der Waals surface area (Å²) in [6, 6.07) is 6.88. The number of aromatic nitrogens is 2. The van der Waals surface area contributed by atoms with Crippen molar-refractivity contribution in [1.82, 2.24) is 14.9 Å². The molecule has 0 aliphatic carbocycles. The summed E-state index contributed by atoms with van der Waals surface area (Å²) in [4.78, 5) is 11.4. The molecule has 3 atom stereocenters. The van der Waals surface area contributed by atoms with Crippen LogP contribution in [-0.4, -0.2) is 52.9 Å². The normalized spacial score (nSPS) is 22.8. The molecule has 3 aliphatic rings. The molecule has 13 heteroatoms. The van der Waals surface area contributed by atoms with Gasteiger partial charge in [-0.1, -0.05) is 17.7 Å². The van der Waals surface area contributed by atoms with Gasteiger partial charge >= 0.3 is 6.01 Å². The largest absolute Gasteiger partial charge is 0.491 e. The van der Waals surface area contributed by atoms with Crippen molar-refractivity contribution in [2.24, 2.45) is 11.3 Å². The fraction of sp³-hybridized carbons (Fsp3) is 0.471. The zero-order valence-corrected chi connectivity index (χ0v) is 27.5. The number of nitrogens with zero attached hydrogens (tertiary/aromatic N) is 5. The molecular weight excluding hydrogens is 649 g/mol. The van der Waals surface area contributed by atoms with E-state index in [1.165, 1.54) is 12.1 Å². The number of anilines is 1. The van der Waals surface area contributed by atoms with Crippen LogP contribution >= 0.6 is 22.9 Å². The summed E-state index contributed by atoms with van der Waals surface area (Å²) in [7, 11) is 0. The smallest absolute Gasteiger partial charge is 0.317 e. The molecule has 0 saturated carbocycles. The number of ether oxygens (including phenoxy) is 2. The highest BCUT2D eigenvalue weighted by Gasteiger charge is 2.49. The highest BCUT2D eigenvalue weighted by molar-refractivity contribution is 7.23. The van der Waals surface area contributed by atoms with Gasteiger partial charge in [-0.2, -0.15) is 20.5 Å². The van der Waals surface area contributed by atoms with Crippen LogP contribution in [0.25, 0.3) is 32.1 Å². The predicted molar refractivity (Wildman–Crippen MR) is 174 cm³/mol. The molecule has 2 saturated heterocycles. The van der Waals surface area contributed by atoms with Crippen LogP contribution in [0.4, 0.5) is 18.2 Å². The zero-order chi connectivity index (χ0) is 33.2. The maximum Gasteiger partial charge on any atom is 0.317 e. The molecule has 0 bridgehead atoms. The first-order chi connectivity index (χ1) is 22.4. The van der Waals surface area contributed by atoms with Crippen molar-refractivity contribution in [3.8, 4) is 35.0 Å². The van der Waals surface area contributed by atoms with Crippen molar-refractivity contribution in [3.63, 3.8) is 0 Å². The van der Waals surface area contributed by atoms with Crippen molar-refractivity contribution < 1.29 is 22.6 Å². The summed E-state index contributed by atoms with van der Waals surface area (Å²) in [5.41, 5.74) is 5.44. The number of hydrogen-bond donors (Lipinski definition) is 1. The molecule has 47 heavy (non-hydrogen) atoms. The quantitative estimate of drug-likeness (QED) is 0.220. The highest BCUT2D eigenvalue weighted by atomic mass is 35.5. The average Bonchev–Trinajstić information content (AvgIpc) is 3.67. The van der Waals surface area contributed by atoms with Gasteiger partial charge in [0.2, 0.25) is 0 Å². The predicted octanol–water partition coefficient (Wildman–Crippen LogP) is 7.73. The lowest BCUT2D eigenvalue weighted by Crippen LogP contribution is -2.43. The van der Waals surface area contributed by atoms with E-state index in [4.69, 9.17) is 31.8 Å². The van der Waals surface area contributed by atoms with E-state index in [1.54, 1.807) is 0 Å². The molecule has 2 fully saturated rings. The first-order valence-electron chi connectivity index (χ1n) is 15.6. The van der Waals surface area contributed by atoms with Crippen molar-refractivity contribution in [2.45, 2.75) is 64.1 Å². The Balaban J connectivity index is 1.42. The van der Waals surface area contributed by atoms with Crippen molar-refractivity contribution >= 4 is 48.9 Å². The van der Waals surface area contributed by atoms with Gasteiger partial charge in [-0.15, -0.1) is 11.3 Å². The number of fused-ring (bicyclic) bond motifs is 2. The third kappa shape index (κ3) is 5.31. The summed E-state index contributed by atoms with van der Waals surface area (Å²) in [6.45, 7) is 5.26. The van der Waals surface area contributed by atoms with Crippen LogP contribution in [0.5, 0.6) is 11.8 Å². The van der Waals surface area contributed by atoms with Crippen LogP contribution < -0.4 is 15.2 Å². The summed E-state index contributed by atoms with van der Waals surface area (Å²) in [5.74, 6) is -1.26. The Morgan fingerprint density at radius 2 is 2.06 bits per heavy atom. The highest BCUT2D eigenvalue weighted by Crippen LogP contribution is 2.50. The van der Waals surface area contributed by atoms with E-state index >= 15 is 4.39 Å². The summed E-state index contributed by atoms with van der Waals surface area (Å²) in [5, 5.41) is 20.1. The maximum atomic E-state index is 17.1. The molecule has 7 rings (SSSR count). The van der Waals surface area contributed by atoms with Gasteiger partial charge < -0.3 is 15.2 Å². The molecule has 2 aromatic carbocycles. The van der Waals surface area contributed by atoms with Crippen LogP contribution in [0.3, 0.4) is 0 Å². The minimum absolute atomic E-state index is 0.0251. The van der Waals surface area contributed by atoms with Crippen LogP contribution in [-0.2, 0) is 6.42 Å². The molecule has 2 N–H and O–H groups in total. The standard InChI is InChI=1S/C34H32ClF3N6O2S/c1-33(2,15-40)11-17-6-9-45-29-25-22(10-17)42-32(46-16-34-7-3-8-44(34)14-18(36)12-34)43-28(25)27(38)24(26(29)35)19-4-5-21(37)30-23(19)20(13-39)31(41)47-30/h4-5,17-18H,3,6-12,14,16,41H2,1-2H3/t17?,18-,34+/m1/s1. The molecule has 1 unspecified atom stereocenters. The van der Waals surface area contributed by atoms with Crippen molar-refractivity contribution in [1.29, 1.82) is 10.5 Å². The number of halogens is 4. The van der Waals surface area contributed by atoms with Gasteiger partial charge in [-0.05, 0) is 70.0 Å². The van der Waals surface area contributed by atoms with Gasteiger partial charge in [0.25, 0.3) is 0 Å². The molecule has 0 amide bonds. The first kappa shape index (κ1) is 31.7. The van der Waals surface area contributed by atoms with Gasteiger partial charge in [0, 0.05) is 23.9 Å². The maximum absolute atomic E-state index is 17.1. The number of nitrogens with two attached hydrogens (primary N) is 1. The molecule has 4 aromatic rings. The first-order valence-corrected chi connectivity index (χ1v) is 16.8. The lowest BCUT2D eigenvalue weighted by Gasteiger charge is -2.31. The van der Waals surface area contributed by atoms with Crippen molar-refractivity contribution in [3.05, 3.63) is 40.0 Å². The Morgan fingerprint density at radius 1 is 1.26 bits per heavy atom. The topological polar surface area (TPSA) is 121 Å². The Morgan fingerprint density at radius 3 is 2.83 bits per heavy atom. The molecule has 0 radical (unpaired) electrons. The second kappa shape index (κ2) is 11.7. The molecule has 5 heterocycles. The number of nitriles is 2. The Labute approximate surface area is 278 Å². The zero-order valence-electron chi connectivity index (χ0n) is 25.9. The second-order valence-corrected chi connectivity index (χ2v) is 15.0. The van der Waals surface area contributed by atoms with Gasteiger partial charge in [-0.3, -0.25) is 4.90 Å². The van der Waals surface area contributed by atoms with E-state index in [-0.39, 0.29) is 78.6 Å². The molecule has 244 valence electrons. The fourth-order valence-electron chi connectivity index (χ4n) is 7.71. The summed E-state index contributed by atoms with van der Waals surface area (Å²) >= 11 is 7.89. The van der Waals surface area contributed by atoms with E-state index in [1.807, 2.05) is 19.9 Å². The minimum Gasteiger partial charge on any atom is -0.491 e. The molecule has 8 nitrogen and oxygen atoms in total. The number of thiophene rings is 1. The monoisotopic (exact) mass is 680 g/mol. The third-order valence-electron chi connectivity index (χ3n) is 9.82. The van der Waals surface area contributed by atoms with E-state index in [9.17, 15) is 19.3 Å². The number of alkyl halides is 1. The van der Waals surface area contributed by atoms with Gasteiger partial charge in [0.05, 0.1) is 50.0 Å². The van der Waals surface area contributed by atoms with E-state index in [2.05, 4.69) is 16.0 Å². The van der Waals surface area contributed by atoms with Crippen LogP contribution in [0.2, 0.25) is 5.02 Å². The Kier molecular flexibility index (Phi) is 7.90. The lowest BCUT2D eigenvalue weighted by molar-refractivity contribution is 0.107. The van der Waals surface area contributed by atoms with Gasteiger partial charge in [0.1, 0.15) is 40.9 Å². The Hall–Kier alpha value is -3.84. The summed E-state index contributed by atoms with van der Waals surface area (Å²) < 4.78 is 59.1. The lowest BCUT2D eigenvalue weighted by atomic mass is 9.80. The average molecular weight is 681 g/mol. The molecular formula is C34H32ClF3N6O2S. The summed E-state index contributed by atoms with van der Waals surface area (Å²) in [6.07, 6.45) is 2.61. The van der Waals surface area contributed by atoms with Crippen molar-refractivity contribution in [2.75, 3.05) is 32.0 Å². The second-order valence-electron chi connectivity index (χ2n) is 13.5. The SMILES string of the molecule is CC(C)(C#N)CC1CCOc2c(Cl)c(-c3ccc(F)c4sc(N)c(C#N)c34)c(F)c3nc(OC[C@@]45CCCN4C[C@H](F)C5)nc(c23)C1. The van der Waals surface area contributed by atoms with Crippen LogP contribution in [0.15, 0.2) is 12.1 Å². The molecule has 0 spiro atoms. The molecule has 2 aromatic heterocycles. The number of benzene rings is 2. The van der Waals surface area contributed by atoms with Crippen LogP contribution in [0, 0.1) is 45.6 Å². The van der Waals surface area contributed by atoms with E-state index in [0.29, 0.717) is 37.9 Å². The van der Waals surface area contributed by atoms with Crippen LogP contribution in [0.1, 0.15) is 57.2 Å². The molecule has 3 aliphatic heterocycles. The Bertz CT molecular complexity index is 2020. The third-order valence-corrected chi connectivity index (χ3v) is 11.2.